The highest BCUT2D eigenvalue weighted by molar-refractivity contribution is 6.30. The molecule has 7 nitrogen and oxygen atoms in total. The molecule has 0 aliphatic heterocycles. The maximum absolute atomic E-state index is 12.0. The number of nitrogens with zero attached hydrogens (tertiary/aromatic N) is 3. The van der Waals surface area contributed by atoms with E-state index in [1.54, 1.807) is 42.6 Å². The van der Waals surface area contributed by atoms with Crippen LogP contribution in [0.3, 0.4) is 0 Å². The van der Waals surface area contributed by atoms with Gasteiger partial charge in [0.05, 0.1) is 11.9 Å². The van der Waals surface area contributed by atoms with Gasteiger partial charge in [-0.15, -0.1) is 5.10 Å². The first-order valence-corrected chi connectivity index (χ1v) is 8.93. The third-order valence-electron chi connectivity index (χ3n) is 3.78. The van der Waals surface area contributed by atoms with E-state index >= 15 is 0 Å². The summed E-state index contributed by atoms with van der Waals surface area (Å²) in [5.41, 5.74) is 2.45. The van der Waals surface area contributed by atoms with Gasteiger partial charge >= 0.3 is 0 Å². The molecule has 0 saturated carbocycles. The molecule has 144 valence electrons. The first-order chi connectivity index (χ1) is 13.5. The van der Waals surface area contributed by atoms with Crippen LogP contribution in [0.1, 0.15) is 0 Å². The van der Waals surface area contributed by atoms with Gasteiger partial charge in [-0.2, -0.15) is 5.10 Å². The summed E-state index contributed by atoms with van der Waals surface area (Å²) in [6.07, 6.45) is 1.69. The summed E-state index contributed by atoms with van der Waals surface area (Å²) < 4.78 is 5.43. The highest BCUT2D eigenvalue weighted by atomic mass is 35.5. The first kappa shape index (κ1) is 19.4. The van der Waals surface area contributed by atoms with Gasteiger partial charge in [-0.05, 0) is 48.5 Å². The molecule has 1 aromatic heterocycles. The predicted octanol–water partition coefficient (Wildman–Crippen LogP) is 3.96. The third kappa shape index (κ3) is 5.59. The van der Waals surface area contributed by atoms with Crippen molar-refractivity contribution in [1.29, 1.82) is 0 Å². The number of aromatic nitrogens is 2. The number of ether oxygens (including phenoxy) is 1. The molecule has 0 spiro atoms. The molecule has 0 aliphatic rings. The molecule has 8 heteroatoms. The van der Waals surface area contributed by atoms with Crippen molar-refractivity contribution in [3.63, 3.8) is 0 Å². The largest absolute Gasteiger partial charge is 0.484 e. The summed E-state index contributed by atoms with van der Waals surface area (Å²) in [4.78, 5) is 14.0. The van der Waals surface area contributed by atoms with Crippen molar-refractivity contribution in [3.05, 3.63) is 65.8 Å². The van der Waals surface area contributed by atoms with Crippen LogP contribution in [0.25, 0.3) is 0 Å². The number of carbonyl (C=O) groups excluding carboxylic acids is 1. The number of amides is 1. The number of hydrogen-bond donors (Lipinski definition) is 2. The van der Waals surface area contributed by atoms with Crippen LogP contribution in [-0.4, -0.2) is 36.8 Å². The molecule has 28 heavy (non-hydrogen) atoms. The topological polar surface area (TPSA) is 79.4 Å². The second kappa shape index (κ2) is 9.05. The molecule has 3 rings (SSSR count). The molecule has 2 aromatic carbocycles. The normalized spacial score (nSPS) is 10.2. The number of halogens is 1. The van der Waals surface area contributed by atoms with Gasteiger partial charge in [-0.1, -0.05) is 11.6 Å². The molecule has 0 aliphatic carbocycles. The average molecular weight is 398 g/mol. The lowest BCUT2D eigenvalue weighted by Gasteiger charge is -2.13. The lowest BCUT2D eigenvalue weighted by molar-refractivity contribution is -0.118. The average Bonchev–Trinajstić information content (AvgIpc) is 2.69. The Hall–Kier alpha value is -3.32. The number of carbonyl (C=O) groups is 1. The van der Waals surface area contributed by atoms with Crippen LogP contribution in [0, 0.1) is 0 Å². The maximum atomic E-state index is 12.0. The van der Waals surface area contributed by atoms with Crippen molar-refractivity contribution in [3.8, 4) is 5.75 Å². The summed E-state index contributed by atoms with van der Waals surface area (Å²) in [7, 11) is 3.88. The molecule has 0 saturated heterocycles. The predicted molar refractivity (Wildman–Crippen MR) is 112 cm³/mol. The van der Waals surface area contributed by atoms with Crippen LogP contribution in [0.15, 0.2) is 60.8 Å². The fourth-order valence-electron chi connectivity index (χ4n) is 2.32. The van der Waals surface area contributed by atoms with Crippen molar-refractivity contribution in [2.45, 2.75) is 0 Å². The molecule has 0 fully saturated rings. The van der Waals surface area contributed by atoms with Crippen molar-refractivity contribution in [2.24, 2.45) is 0 Å². The summed E-state index contributed by atoms with van der Waals surface area (Å²) in [6.45, 7) is -0.0887. The van der Waals surface area contributed by atoms with Gasteiger partial charge in [-0.3, -0.25) is 4.79 Å². The van der Waals surface area contributed by atoms with Crippen LogP contribution in [0.2, 0.25) is 5.02 Å². The SMILES string of the molecule is CN(C)c1cnnc(Nc2ccc(NC(=O)COc3ccc(Cl)cc3)cc2)c1. The number of nitrogens with one attached hydrogen (secondary N) is 2. The van der Waals surface area contributed by atoms with Crippen LogP contribution < -0.4 is 20.3 Å². The lowest BCUT2D eigenvalue weighted by Crippen LogP contribution is -2.20. The van der Waals surface area contributed by atoms with E-state index in [1.807, 2.05) is 37.2 Å². The van der Waals surface area contributed by atoms with Gasteiger partial charge in [0.15, 0.2) is 12.4 Å². The molecule has 1 heterocycles. The second-order valence-electron chi connectivity index (χ2n) is 6.19. The van der Waals surface area contributed by atoms with Crippen molar-refractivity contribution in [2.75, 3.05) is 36.2 Å². The third-order valence-corrected chi connectivity index (χ3v) is 4.03. The highest BCUT2D eigenvalue weighted by Crippen LogP contribution is 2.20. The van der Waals surface area contributed by atoms with Gasteiger partial charge in [0, 0.05) is 36.6 Å². The Kier molecular flexibility index (Phi) is 6.29. The van der Waals surface area contributed by atoms with E-state index in [0.29, 0.717) is 22.3 Å². The van der Waals surface area contributed by atoms with Gasteiger partial charge in [0.2, 0.25) is 0 Å². The summed E-state index contributed by atoms with van der Waals surface area (Å²) in [5, 5.41) is 14.6. The van der Waals surface area contributed by atoms with Crippen molar-refractivity contribution >= 4 is 40.4 Å². The quantitative estimate of drug-likeness (QED) is 0.628. The molecule has 2 N–H and O–H groups in total. The molecular formula is C20H20ClN5O2. The van der Waals surface area contributed by atoms with Gasteiger partial charge in [0.1, 0.15) is 5.75 Å². The van der Waals surface area contributed by atoms with E-state index in [-0.39, 0.29) is 12.5 Å². The minimum atomic E-state index is -0.250. The van der Waals surface area contributed by atoms with Crippen LogP contribution in [0.4, 0.5) is 22.9 Å². The summed E-state index contributed by atoms with van der Waals surface area (Å²) in [6, 6.07) is 16.0. The molecule has 0 bridgehead atoms. The Balaban J connectivity index is 1.53. The van der Waals surface area contributed by atoms with Crippen LogP contribution in [-0.2, 0) is 4.79 Å². The Morgan fingerprint density at radius 3 is 2.43 bits per heavy atom. The van der Waals surface area contributed by atoms with E-state index in [2.05, 4.69) is 20.8 Å². The Morgan fingerprint density at radius 2 is 1.75 bits per heavy atom. The molecule has 1 amide bonds. The molecule has 0 atom stereocenters. The second-order valence-corrected chi connectivity index (χ2v) is 6.62. The molecule has 0 unspecified atom stereocenters. The standard InChI is InChI=1S/C20H20ClN5O2/c1-26(2)17-11-19(25-22-12-17)23-15-5-7-16(8-6-15)24-20(27)13-28-18-9-3-14(21)4-10-18/h3-12H,13H2,1-2H3,(H,23,25)(H,24,27). The van der Waals surface area contributed by atoms with Gasteiger partial charge in [0.25, 0.3) is 5.91 Å². The van der Waals surface area contributed by atoms with Gasteiger partial charge < -0.3 is 20.3 Å². The fourth-order valence-corrected chi connectivity index (χ4v) is 2.45. The fraction of sp³-hybridized carbons (Fsp3) is 0.150. The number of benzene rings is 2. The first-order valence-electron chi connectivity index (χ1n) is 8.55. The van der Waals surface area contributed by atoms with E-state index in [4.69, 9.17) is 16.3 Å². The minimum Gasteiger partial charge on any atom is -0.484 e. The van der Waals surface area contributed by atoms with E-state index in [9.17, 15) is 4.79 Å². The van der Waals surface area contributed by atoms with E-state index in [0.717, 1.165) is 11.4 Å². The van der Waals surface area contributed by atoms with E-state index in [1.165, 1.54) is 0 Å². The Labute approximate surface area is 168 Å². The monoisotopic (exact) mass is 397 g/mol. The molecule has 0 radical (unpaired) electrons. The number of rotatable bonds is 7. The van der Waals surface area contributed by atoms with E-state index < -0.39 is 0 Å². The maximum Gasteiger partial charge on any atom is 0.262 e. The number of anilines is 4. The van der Waals surface area contributed by atoms with Crippen molar-refractivity contribution < 1.29 is 9.53 Å². The number of hydrogen-bond acceptors (Lipinski definition) is 6. The van der Waals surface area contributed by atoms with Crippen LogP contribution >= 0.6 is 11.6 Å². The van der Waals surface area contributed by atoms with Gasteiger partial charge in [-0.25, -0.2) is 0 Å². The minimum absolute atomic E-state index is 0.0887. The smallest absolute Gasteiger partial charge is 0.262 e. The summed E-state index contributed by atoms with van der Waals surface area (Å²) in [5.74, 6) is 0.972. The molecular weight excluding hydrogens is 378 g/mol. The summed E-state index contributed by atoms with van der Waals surface area (Å²) >= 11 is 5.82. The molecule has 3 aromatic rings. The zero-order valence-corrected chi connectivity index (χ0v) is 16.3. The Bertz CT molecular complexity index is 930. The zero-order chi connectivity index (χ0) is 19.9. The zero-order valence-electron chi connectivity index (χ0n) is 15.5. The van der Waals surface area contributed by atoms with Crippen molar-refractivity contribution in [1.82, 2.24) is 10.2 Å². The van der Waals surface area contributed by atoms with Crippen LogP contribution in [0.5, 0.6) is 5.75 Å². The highest BCUT2D eigenvalue weighted by Gasteiger charge is 2.05. The Morgan fingerprint density at radius 1 is 1.07 bits per heavy atom. The lowest BCUT2D eigenvalue weighted by atomic mass is 10.2.